The normalized spacial score (nSPS) is 11.2. The van der Waals surface area contributed by atoms with Gasteiger partial charge in [-0.3, -0.25) is 0 Å². The van der Waals surface area contributed by atoms with E-state index in [0.29, 0.717) is 22.9 Å². The van der Waals surface area contributed by atoms with Gasteiger partial charge in [0.15, 0.2) is 0 Å². The van der Waals surface area contributed by atoms with Gasteiger partial charge in [0, 0.05) is 0 Å². The summed E-state index contributed by atoms with van der Waals surface area (Å²) in [7, 11) is 3.22. The standard InChI is InChI=1S/C24H24N2O2/c1-27-23-12-10-19(15-21(23)25)8-6-17-4-3-5-18(14-17)7-9-20-11-13-24(28-2)22(26)16-20/h3-16H,25-26H2,1-2H3/b8-6+,9-7+. The fourth-order valence-electron chi connectivity index (χ4n) is 2.86. The van der Waals surface area contributed by atoms with E-state index in [0.717, 1.165) is 22.3 Å². The van der Waals surface area contributed by atoms with Crippen molar-refractivity contribution in [3.05, 3.63) is 82.9 Å². The molecule has 142 valence electrons. The van der Waals surface area contributed by atoms with E-state index >= 15 is 0 Å². The highest BCUT2D eigenvalue weighted by Gasteiger charge is 2.00. The average molecular weight is 372 g/mol. The molecule has 3 rings (SSSR count). The van der Waals surface area contributed by atoms with Crippen LogP contribution < -0.4 is 20.9 Å². The van der Waals surface area contributed by atoms with Gasteiger partial charge in [-0.2, -0.15) is 0 Å². The Hall–Kier alpha value is -3.66. The van der Waals surface area contributed by atoms with E-state index in [1.165, 1.54) is 0 Å². The third kappa shape index (κ3) is 4.74. The fraction of sp³-hybridized carbons (Fsp3) is 0.0833. The first-order chi connectivity index (χ1) is 13.6. The van der Waals surface area contributed by atoms with Crippen LogP contribution in [0.5, 0.6) is 11.5 Å². The van der Waals surface area contributed by atoms with Crippen molar-refractivity contribution < 1.29 is 9.47 Å². The Bertz CT molecular complexity index is 944. The molecule has 0 saturated heterocycles. The topological polar surface area (TPSA) is 70.5 Å². The van der Waals surface area contributed by atoms with Crippen molar-refractivity contribution in [1.29, 1.82) is 0 Å². The van der Waals surface area contributed by atoms with Gasteiger partial charge in [0.05, 0.1) is 25.6 Å². The van der Waals surface area contributed by atoms with Crippen LogP contribution in [-0.2, 0) is 0 Å². The Morgan fingerprint density at radius 2 is 0.964 bits per heavy atom. The third-order valence-corrected chi connectivity index (χ3v) is 4.35. The van der Waals surface area contributed by atoms with Crippen molar-refractivity contribution in [1.82, 2.24) is 0 Å². The van der Waals surface area contributed by atoms with Crippen molar-refractivity contribution in [3.8, 4) is 11.5 Å². The highest BCUT2D eigenvalue weighted by Crippen LogP contribution is 2.24. The molecule has 0 aliphatic heterocycles. The molecule has 28 heavy (non-hydrogen) atoms. The van der Waals surface area contributed by atoms with Gasteiger partial charge in [0.25, 0.3) is 0 Å². The molecule has 0 atom stereocenters. The predicted octanol–water partition coefficient (Wildman–Crippen LogP) is 5.21. The zero-order valence-corrected chi connectivity index (χ0v) is 16.1. The molecule has 0 fully saturated rings. The highest BCUT2D eigenvalue weighted by molar-refractivity contribution is 5.76. The minimum Gasteiger partial charge on any atom is -0.495 e. The van der Waals surface area contributed by atoms with Crippen LogP contribution in [0.1, 0.15) is 22.3 Å². The largest absolute Gasteiger partial charge is 0.495 e. The second kappa shape index (κ2) is 8.82. The number of anilines is 2. The van der Waals surface area contributed by atoms with E-state index < -0.39 is 0 Å². The lowest BCUT2D eigenvalue weighted by molar-refractivity contribution is 0.417. The maximum absolute atomic E-state index is 5.96. The lowest BCUT2D eigenvalue weighted by Gasteiger charge is -2.05. The molecule has 0 unspecified atom stereocenters. The van der Waals surface area contributed by atoms with E-state index in [2.05, 4.69) is 30.4 Å². The minimum absolute atomic E-state index is 0.625. The minimum atomic E-state index is 0.625. The van der Waals surface area contributed by atoms with Gasteiger partial charge in [-0.1, -0.05) is 54.6 Å². The highest BCUT2D eigenvalue weighted by atomic mass is 16.5. The molecule has 3 aromatic carbocycles. The maximum atomic E-state index is 5.96. The van der Waals surface area contributed by atoms with E-state index in [1.54, 1.807) is 14.2 Å². The number of hydrogen-bond donors (Lipinski definition) is 2. The summed E-state index contributed by atoms with van der Waals surface area (Å²) < 4.78 is 10.4. The van der Waals surface area contributed by atoms with E-state index in [-0.39, 0.29) is 0 Å². The van der Waals surface area contributed by atoms with E-state index in [1.807, 2.05) is 54.6 Å². The van der Waals surface area contributed by atoms with Gasteiger partial charge in [-0.15, -0.1) is 0 Å². The molecule has 0 aromatic heterocycles. The van der Waals surface area contributed by atoms with Crippen molar-refractivity contribution in [2.75, 3.05) is 25.7 Å². The SMILES string of the molecule is COc1ccc(/C=C/c2cccc(/C=C/c3ccc(OC)c(N)c3)c2)cc1N. The van der Waals surface area contributed by atoms with Gasteiger partial charge in [0.2, 0.25) is 0 Å². The van der Waals surface area contributed by atoms with Crippen LogP contribution in [0.15, 0.2) is 60.7 Å². The molecule has 4 heteroatoms. The summed E-state index contributed by atoms with van der Waals surface area (Å²) in [6, 6.07) is 19.8. The lowest BCUT2D eigenvalue weighted by Crippen LogP contribution is -1.92. The van der Waals surface area contributed by atoms with Crippen molar-refractivity contribution >= 4 is 35.7 Å². The van der Waals surface area contributed by atoms with Crippen LogP contribution in [0.4, 0.5) is 11.4 Å². The van der Waals surface area contributed by atoms with Gasteiger partial charge in [0.1, 0.15) is 11.5 Å². The Kier molecular flexibility index (Phi) is 6.02. The molecule has 0 spiro atoms. The number of nitrogen functional groups attached to an aromatic ring is 2. The molecule has 0 radical (unpaired) electrons. The molecule has 0 amide bonds. The molecule has 0 aliphatic carbocycles. The Morgan fingerprint density at radius 1 is 0.571 bits per heavy atom. The Labute approximate surface area is 165 Å². The second-order valence-corrected chi connectivity index (χ2v) is 6.34. The summed E-state index contributed by atoms with van der Waals surface area (Å²) >= 11 is 0. The molecular weight excluding hydrogens is 348 g/mol. The third-order valence-electron chi connectivity index (χ3n) is 4.35. The Morgan fingerprint density at radius 3 is 1.32 bits per heavy atom. The summed E-state index contributed by atoms with van der Waals surface area (Å²) in [4.78, 5) is 0. The van der Waals surface area contributed by atoms with Crippen LogP contribution >= 0.6 is 0 Å². The fourth-order valence-corrected chi connectivity index (χ4v) is 2.86. The zero-order chi connectivity index (χ0) is 19.9. The van der Waals surface area contributed by atoms with Gasteiger partial charge in [-0.25, -0.2) is 0 Å². The van der Waals surface area contributed by atoms with Gasteiger partial charge < -0.3 is 20.9 Å². The van der Waals surface area contributed by atoms with Crippen LogP contribution in [0.25, 0.3) is 24.3 Å². The van der Waals surface area contributed by atoms with Crippen LogP contribution in [-0.4, -0.2) is 14.2 Å². The summed E-state index contributed by atoms with van der Waals surface area (Å²) in [5, 5.41) is 0. The summed E-state index contributed by atoms with van der Waals surface area (Å²) in [5.74, 6) is 1.37. The van der Waals surface area contributed by atoms with Crippen LogP contribution in [0, 0.1) is 0 Å². The number of nitrogens with two attached hydrogens (primary N) is 2. The Balaban J connectivity index is 1.75. The van der Waals surface area contributed by atoms with E-state index in [9.17, 15) is 0 Å². The first kappa shape index (κ1) is 19.1. The van der Waals surface area contributed by atoms with Crippen LogP contribution in [0.3, 0.4) is 0 Å². The lowest BCUT2D eigenvalue weighted by atomic mass is 10.1. The molecule has 0 aliphatic rings. The predicted molar refractivity (Wildman–Crippen MR) is 119 cm³/mol. The number of benzene rings is 3. The summed E-state index contributed by atoms with van der Waals surface area (Å²) in [6.07, 6.45) is 8.18. The summed E-state index contributed by atoms with van der Waals surface area (Å²) in [6.45, 7) is 0. The maximum Gasteiger partial charge on any atom is 0.141 e. The molecule has 0 bridgehead atoms. The molecular formula is C24H24N2O2. The quantitative estimate of drug-likeness (QED) is 0.460. The molecule has 0 heterocycles. The second-order valence-electron chi connectivity index (χ2n) is 6.34. The first-order valence-corrected chi connectivity index (χ1v) is 8.92. The van der Waals surface area contributed by atoms with Crippen molar-refractivity contribution in [3.63, 3.8) is 0 Å². The zero-order valence-electron chi connectivity index (χ0n) is 16.1. The molecule has 3 aromatic rings. The number of hydrogen-bond acceptors (Lipinski definition) is 4. The van der Waals surface area contributed by atoms with Gasteiger partial charge >= 0.3 is 0 Å². The average Bonchev–Trinajstić information content (AvgIpc) is 2.71. The van der Waals surface area contributed by atoms with Crippen molar-refractivity contribution in [2.24, 2.45) is 0 Å². The number of rotatable bonds is 6. The number of methoxy groups -OCH3 is 2. The monoisotopic (exact) mass is 372 g/mol. The van der Waals surface area contributed by atoms with Gasteiger partial charge in [-0.05, 0) is 52.6 Å². The first-order valence-electron chi connectivity index (χ1n) is 8.92. The molecule has 0 saturated carbocycles. The molecule has 4 nitrogen and oxygen atoms in total. The molecule has 4 N–H and O–H groups in total. The van der Waals surface area contributed by atoms with Crippen LogP contribution in [0.2, 0.25) is 0 Å². The smallest absolute Gasteiger partial charge is 0.141 e. The summed E-state index contributed by atoms with van der Waals surface area (Å²) in [5.41, 5.74) is 17.4. The number of ether oxygens (including phenoxy) is 2. The van der Waals surface area contributed by atoms with E-state index in [4.69, 9.17) is 20.9 Å². The van der Waals surface area contributed by atoms with Crippen molar-refractivity contribution in [2.45, 2.75) is 0 Å².